The van der Waals surface area contributed by atoms with Gasteiger partial charge in [-0.3, -0.25) is 0 Å². The second-order valence-corrected chi connectivity index (χ2v) is 5.46. The number of benzene rings is 1. The van der Waals surface area contributed by atoms with E-state index in [9.17, 15) is 4.79 Å². The third kappa shape index (κ3) is 1.68. The van der Waals surface area contributed by atoms with Crippen LogP contribution >= 0.6 is 0 Å². The molecule has 4 nitrogen and oxygen atoms in total. The molecular weight excluding hydrogens is 228 g/mol. The van der Waals surface area contributed by atoms with E-state index in [0.717, 1.165) is 13.0 Å². The van der Waals surface area contributed by atoms with E-state index in [1.165, 1.54) is 5.56 Å². The number of nitrogens with one attached hydrogen (secondary N) is 2. The molecule has 0 spiro atoms. The summed E-state index contributed by atoms with van der Waals surface area (Å²) in [5, 5.41) is 15.2. The van der Waals surface area contributed by atoms with Crippen LogP contribution in [0, 0.1) is 5.92 Å². The van der Waals surface area contributed by atoms with Crippen molar-refractivity contribution in [1.82, 2.24) is 10.6 Å². The number of carboxylic acid groups (broad SMARTS) is 1. The van der Waals surface area contributed by atoms with Gasteiger partial charge in [0.2, 0.25) is 0 Å². The fourth-order valence-corrected chi connectivity index (χ4v) is 3.44. The molecule has 3 unspecified atom stereocenters. The van der Waals surface area contributed by atoms with Crippen molar-refractivity contribution < 1.29 is 9.90 Å². The third-order valence-electron chi connectivity index (χ3n) is 4.46. The van der Waals surface area contributed by atoms with E-state index in [0.29, 0.717) is 11.8 Å². The minimum absolute atomic E-state index is 0.195. The molecule has 1 heterocycles. The van der Waals surface area contributed by atoms with Gasteiger partial charge in [-0.05, 0) is 23.8 Å². The summed E-state index contributed by atoms with van der Waals surface area (Å²) in [6.07, 6.45) is 0.0557. The average molecular weight is 246 g/mol. The number of hydrogen-bond donors (Lipinski definition) is 3. The molecule has 2 fully saturated rings. The van der Waals surface area contributed by atoms with Gasteiger partial charge in [0.05, 0.1) is 5.54 Å². The number of amides is 1. The van der Waals surface area contributed by atoms with Crippen LogP contribution in [0.4, 0.5) is 4.79 Å². The van der Waals surface area contributed by atoms with Gasteiger partial charge in [0, 0.05) is 12.6 Å². The molecule has 18 heavy (non-hydrogen) atoms. The maximum absolute atomic E-state index is 11.0. The molecule has 1 aromatic carbocycles. The van der Waals surface area contributed by atoms with Crippen LogP contribution in [0.25, 0.3) is 0 Å². The van der Waals surface area contributed by atoms with Crippen molar-refractivity contribution in [3.63, 3.8) is 0 Å². The summed E-state index contributed by atoms with van der Waals surface area (Å²) < 4.78 is 0. The van der Waals surface area contributed by atoms with E-state index in [1.807, 2.05) is 18.2 Å². The monoisotopic (exact) mass is 246 g/mol. The Morgan fingerprint density at radius 1 is 1.50 bits per heavy atom. The molecule has 0 aromatic heterocycles. The standard InChI is InChI=1S/C14H18N2O2/c1-9(10-5-3-2-4-6-10)12-14(16-13(17)18)7-11(14)8-15-12/h2-6,9,11-12,15-16H,7-8H2,1H3,(H,17,18)/t9-,11?,12?,14?/m1/s1. The molecule has 2 aliphatic rings. The molecular formula is C14H18N2O2. The lowest BCUT2D eigenvalue weighted by molar-refractivity contribution is 0.184. The molecule has 0 radical (unpaired) electrons. The first kappa shape index (κ1) is 11.5. The SMILES string of the molecule is C[C@H](c1ccccc1)C1NCC2CC21NC(=O)O. The van der Waals surface area contributed by atoms with Crippen molar-refractivity contribution in [3.8, 4) is 0 Å². The number of rotatable bonds is 3. The van der Waals surface area contributed by atoms with Crippen molar-refractivity contribution in [2.75, 3.05) is 6.54 Å². The highest BCUT2D eigenvalue weighted by atomic mass is 16.4. The highest BCUT2D eigenvalue weighted by Gasteiger charge is 2.65. The molecule has 96 valence electrons. The minimum atomic E-state index is -0.911. The molecule has 4 atom stereocenters. The maximum Gasteiger partial charge on any atom is 0.405 e. The Morgan fingerprint density at radius 2 is 2.22 bits per heavy atom. The summed E-state index contributed by atoms with van der Waals surface area (Å²) in [4.78, 5) is 11.0. The molecule has 1 saturated heterocycles. The van der Waals surface area contributed by atoms with Gasteiger partial charge < -0.3 is 15.7 Å². The quantitative estimate of drug-likeness (QED) is 0.762. The van der Waals surface area contributed by atoms with Gasteiger partial charge in [-0.1, -0.05) is 37.3 Å². The van der Waals surface area contributed by atoms with E-state index < -0.39 is 6.09 Å². The van der Waals surface area contributed by atoms with E-state index in [1.54, 1.807) is 0 Å². The fourth-order valence-electron chi connectivity index (χ4n) is 3.44. The first-order chi connectivity index (χ1) is 8.63. The molecule has 1 aliphatic carbocycles. The highest BCUT2D eigenvalue weighted by molar-refractivity contribution is 5.67. The van der Waals surface area contributed by atoms with Crippen LogP contribution in [0.15, 0.2) is 30.3 Å². The zero-order chi connectivity index (χ0) is 12.8. The van der Waals surface area contributed by atoms with Crippen LogP contribution in [0.1, 0.15) is 24.8 Å². The molecule has 4 heteroatoms. The zero-order valence-corrected chi connectivity index (χ0v) is 10.4. The summed E-state index contributed by atoms with van der Waals surface area (Å²) in [7, 11) is 0. The van der Waals surface area contributed by atoms with E-state index in [4.69, 9.17) is 5.11 Å². The van der Waals surface area contributed by atoms with Crippen LogP contribution in [0.5, 0.6) is 0 Å². The van der Waals surface area contributed by atoms with Gasteiger partial charge >= 0.3 is 6.09 Å². The van der Waals surface area contributed by atoms with E-state index in [-0.39, 0.29) is 11.6 Å². The minimum Gasteiger partial charge on any atom is -0.465 e. The predicted octanol–water partition coefficient (Wildman–Crippen LogP) is 1.79. The van der Waals surface area contributed by atoms with Crippen molar-refractivity contribution in [2.45, 2.75) is 30.8 Å². The Morgan fingerprint density at radius 3 is 2.83 bits per heavy atom. The average Bonchev–Trinajstić information content (AvgIpc) is 2.93. The molecule has 3 rings (SSSR count). The van der Waals surface area contributed by atoms with Crippen LogP contribution in [-0.2, 0) is 0 Å². The summed E-state index contributed by atoms with van der Waals surface area (Å²) in [5.74, 6) is 0.773. The summed E-state index contributed by atoms with van der Waals surface area (Å²) in [6.45, 7) is 3.08. The molecule has 1 amide bonds. The van der Waals surface area contributed by atoms with Gasteiger partial charge in [0.25, 0.3) is 0 Å². The molecule has 1 saturated carbocycles. The van der Waals surface area contributed by atoms with Gasteiger partial charge in [-0.15, -0.1) is 0 Å². The molecule has 1 aromatic rings. The first-order valence-corrected chi connectivity index (χ1v) is 6.43. The topological polar surface area (TPSA) is 61.4 Å². The largest absolute Gasteiger partial charge is 0.465 e. The Balaban J connectivity index is 1.82. The second kappa shape index (κ2) is 3.99. The predicted molar refractivity (Wildman–Crippen MR) is 68.6 cm³/mol. The number of carbonyl (C=O) groups is 1. The lowest BCUT2D eigenvalue weighted by Crippen LogP contribution is -2.50. The van der Waals surface area contributed by atoms with Crippen LogP contribution in [0.2, 0.25) is 0 Å². The van der Waals surface area contributed by atoms with Gasteiger partial charge in [-0.25, -0.2) is 4.79 Å². The summed E-state index contributed by atoms with van der Waals surface area (Å²) in [5.41, 5.74) is 1.02. The van der Waals surface area contributed by atoms with E-state index in [2.05, 4.69) is 29.7 Å². The highest BCUT2D eigenvalue weighted by Crippen LogP contribution is 2.53. The van der Waals surface area contributed by atoms with Gasteiger partial charge in [0.15, 0.2) is 0 Å². The number of piperidine rings is 1. The second-order valence-electron chi connectivity index (χ2n) is 5.46. The lowest BCUT2D eigenvalue weighted by atomic mass is 9.88. The Kier molecular flexibility index (Phi) is 2.55. The Hall–Kier alpha value is -1.55. The van der Waals surface area contributed by atoms with Crippen molar-refractivity contribution >= 4 is 6.09 Å². The summed E-state index contributed by atoms with van der Waals surface area (Å²) in [6, 6.07) is 10.5. The van der Waals surface area contributed by atoms with Crippen molar-refractivity contribution in [3.05, 3.63) is 35.9 Å². The fraction of sp³-hybridized carbons (Fsp3) is 0.500. The van der Waals surface area contributed by atoms with Crippen LogP contribution in [0.3, 0.4) is 0 Å². The zero-order valence-electron chi connectivity index (χ0n) is 10.4. The normalized spacial score (nSPS) is 34.7. The Labute approximate surface area is 106 Å². The first-order valence-electron chi connectivity index (χ1n) is 6.43. The van der Waals surface area contributed by atoms with E-state index >= 15 is 0 Å². The number of fused-ring (bicyclic) bond motifs is 1. The smallest absolute Gasteiger partial charge is 0.405 e. The molecule has 1 aliphatic heterocycles. The lowest BCUT2D eigenvalue weighted by Gasteiger charge is -2.29. The molecule has 0 bridgehead atoms. The van der Waals surface area contributed by atoms with Gasteiger partial charge in [0.1, 0.15) is 0 Å². The number of hydrogen-bond acceptors (Lipinski definition) is 2. The van der Waals surface area contributed by atoms with Gasteiger partial charge in [-0.2, -0.15) is 0 Å². The van der Waals surface area contributed by atoms with Crippen molar-refractivity contribution in [2.24, 2.45) is 5.92 Å². The van der Waals surface area contributed by atoms with Crippen LogP contribution < -0.4 is 10.6 Å². The molecule has 3 N–H and O–H groups in total. The maximum atomic E-state index is 11.0. The van der Waals surface area contributed by atoms with Crippen molar-refractivity contribution in [1.29, 1.82) is 0 Å². The third-order valence-corrected chi connectivity index (χ3v) is 4.46. The summed E-state index contributed by atoms with van der Waals surface area (Å²) >= 11 is 0. The van der Waals surface area contributed by atoms with Crippen LogP contribution in [-0.4, -0.2) is 29.3 Å². The Bertz CT molecular complexity index is 462.